The van der Waals surface area contributed by atoms with E-state index in [-0.39, 0.29) is 5.28 Å². The summed E-state index contributed by atoms with van der Waals surface area (Å²) in [7, 11) is 0. The van der Waals surface area contributed by atoms with Crippen LogP contribution >= 0.6 is 23.2 Å². The molecule has 0 spiro atoms. The van der Waals surface area contributed by atoms with Gasteiger partial charge in [-0.3, -0.25) is 0 Å². The van der Waals surface area contributed by atoms with Gasteiger partial charge in [-0.25, -0.2) is 9.97 Å². The van der Waals surface area contributed by atoms with Gasteiger partial charge in [0.15, 0.2) is 0 Å². The third-order valence-electron chi connectivity index (χ3n) is 4.76. The van der Waals surface area contributed by atoms with Crippen molar-refractivity contribution < 1.29 is 0 Å². The van der Waals surface area contributed by atoms with Gasteiger partial charge in [-0.1, -0.05) is 108 Å². The first-order valence-electron chi connectivity index (χ1n) is 10.4. The minimum atomic E-state index is 0.253. The molecule has 0 aromatic carbocycles. The van der Waals surface area contributed by atoms with Crippen molar-refractivity contribution in [2.75, 3.05) is 0 Å². The van der Waals surface area contributed by atoms with Crippen molar-refractivity contribution in [3.05, 3.63) is 22.2 Å². The van der Waals surface area contributed by atoms with E-state index >= 15 is 0 Å². The van der Waals surface area contributed by atoms with Gasteiger partial charge in [-0.15, -0.1) is 0 Å². The number of unbranched alkanes of at least 4 members (excludes halogenated alkanes) is 14. The normalized spacial score (nSPS) is 11.2. The van der Waals surface area contributed by atoms with E-state index in [0.29, 0.717) is 5.15 Å². The first kappa shape index (κ1) is 22.7. The molecule has 0 unspecified atom stereocenters. The predicted octanol–water partition coefficient (Wildman–Crippen LogP) is 8.20. The van der Waals surface area contributed by atoms with E-state index in [1.165, 1.54) is 89.9 Å². The topological polar surface area (TPSA) is 25.8 Å². The molecule has 1 aromatic rings. The zero-order valence-electron chi connectivity index (χ0n) is 16.0. The molecule has 0 bridgehead atoms. The van der Waals surface area contributed by atoms with Crippen LogP contribution in [0.5, 0.6) is 0 Å². The molecule has 0 amide bonds. The van der Waals surface area contributed by atoms with E-state index in [1.807, 2.05) is 6.07 Å². The Morgan fingerprint density at radius 2 is 1.08 bits per heavy atom. The van der Waals surface area contributed by atoms with Crippen LogP contribution in [-0.4, -0.2) is 9.97 Å². The minimum Gasteiger partial charge on any atom is -0.223 e. The highest BCUT2D eigenvalue weighted by Gasteiger charge is 2.01. The highest BCUT2D eigenvalue weighted by Crippen LogP contribution is 2.15. The van der Waals surface area contributed by atoms with Crippen molar-refractivity contribution in [2.24, 2.45) is 0 Å². The highest BCUT2D eigenvalue weighted by molar-refractivity contribution is 6.31. The van der Waals surface area contributed by atoms with Gasteiger partial charge in [-0.05, 0) is 30.5 Å². The number of rotatable bonds is 16. The molecule has 144 valence electrons. The van der Waals surface area contributed by atoms with E-state index in [2.05, 4.69) is 16.9 Å². The van der Waals surface area contributed by atoms with Crippen LogP contribution in [0, 0.1) is 0 Å². The summed E-state index contributed by atoms with van der Waals surface area (Å²) in [6, 6.07) is 1.82. The summed E-state index contributed by atoms with van der Waals surface area (Å²) >= 11 is 11.7. The fourth-order valence-electron chi connectivity index (χ4n) is 3.24. The number of aromatic nitrogens is 2. The third-order valence-corrected chi connectivity index (χ3v) is 5.12. The second-order valence-corrected chi connectivity index (χ2v) is 7.88. The van der Waals surface area contributed by atoms with Crippen LogP contribution in [-0.2, 0) is 6.42 Å². The van der Waals surface area contributed by atoms with Crippen molar-refractivity contribution in [3.63, 3.8) is 0 Å². The molecule has 0 aliphatic heterocycles. The largest absolute Gasteiger partial charge is 0.224 e. The summed E-state index contributed by atoms with van der Waals surface area (Å²) in [5.41, 5.74) is 0.958. The second kappa shape index (κ2) is 15.9. The SMILES string of the molecule is CCCCCCCCCCCCCCCCCc1cc(Cl)nc(Cl)n1. The Morgan fingerprint density at radius 3 is 1.52 bits per heavy atom. The van der Waals surface area contributed by atoms with Gasteiger partial charge >= 0.3 is 0 Å². The molecule has 0 aliphatic carbocycles. The van der Waals surface area contributed by atoms with Crippen LogP contribution in [0.1, 0.15) is 109 Å². The van der Waals surface area contributed by atoms with Gasteiger partial charge in [0.2, 0.25) is 5.28 Å². The van der Waals surface area contributed by atoms with Gasteiger partial charge in [-0.2, -0.15) is 0 Å². The molecule has 4 heteroatoms. The zero-order valence-corrected chi connectivity index (χ0v) is 17.6. The molecule has 0 N–H and O–H groups in total. The van der Waals surface area contributed by atoms with Crippen molar-refractivity contribution in [1.29, 1.82) is 0 Å². The second-order valence-electron chi connectivity index (χ2n) is 7.15. The average Bonchev–Trinajstić information content (AvgIpc) is 2.57. The summed E-state index contributed by atoms with van der Waals surface area (Å²) in [6.45, 7) is 2.28. The zero-order chi connectivity index (χ0) is 18.2. The Hall–Kier alpha value is -0.340. The molecule has 0 saturated heterocycles. The van der Waals surface area contributed by atoms with Crippen molar-refractivity contribution >= 4 is 23.2 Å². The van der Waals surface area contributed by atoms with E-state index in [1.54, 1.807) is 0 Å². The summed E-state index contributed by atoms with van der Waals surface area (Å²) in [5, 5.41) is 0.694. The standard InChI is InChI=1S/C21H36Cl2N2/c1-2-3-4-5-6-7-8-9-10-11-12-13-14-15-16-17-19-18-20(22)25-21(23)24-19/h18H,2-17H2,1H3. The van der Waals surface area contributed by atoms with Gasteiger partial charge in [0, 0.05) is 5.69 Å². The number of hydrogen-bond acceptors (Lipinski definition) is 2. The number of nitrogens with zero attached hydrogens (tertiary/aromatic N) is 2. The molecule has 0 atom stereocenters. The molecule has 2 nitrogen and oxygen atoms in total. The minimum absolute atomic E-state index is 0.253. The molecule has 1 aromatic heterocycles. The Kier molecular flexibility index (Phi) is 14.4. The van der Waals surface area contributed by atoms with Crippen molar-refractivity contribution in [3.8, 4) is 0 Å². The Bertz CT molecular complexity index is 418. The molecular weight excluding hydrogens is 351 g/mol. The number of halogens is 2. The first-order valence-corrected chi connectivity index (χ1v) is 11.2. The Labute approximate surface area is 165 Å². The smallest absolute Gasteiger partial charge is 0.223 e. The van der Waals surface area contributed by atoms with E-state index in [4.69, 9.17) is 23.2 Å². The lowest BCUT2D eigenvalue weighted by Gasteiger charge is -2.04. The Morgan fingerprint density at radius 1 is 0.640 bits per heavy atom. The number of hydrogen-bond donors (Lipinski definition) is 0. The van der Waals surface area contributed by atoms with Gasteiger partial charge in [0.25, 0.3) is 0 Å². The van der Waals surface area contributed by atoms with Gasteiger partial charge < -0.3 is 0 Å². The lowest BCUT2D eigenvalue weighted by atomic mass is 10.0. The van der Waals surface area contributed by atoms with Crippen LogP contribution < -0.4 is 0 Å². The summed E-state index contributed by atoms with van der Waals surface area (Å²) < 4.78 is 0. The van der Waals surface area contributed by atoms with E-state index in [0.717, 1.165) is 18.5 Å². The monoisotopic (exact) mass is 386 g/mol. The maximum Gasteiger partial charge on any atom is 0.224 e. The number of aryl methyl sites for hydroxylation is 1. The molecule has 25 heavy (non-hydrogen) atoms. The van der Waals surface area contributed by atoms with E-state index < -0.39 is 0 Å². The highest BCUT2D eigenvalue weighted by atomic mass is 35.5. The molecular formula is C21H36Cl2N2. The van der Waals surface area contributed by atoms with Gasteiger partial charge in [0.1, 0.15) is 5.15 Å². The molecule has 1 rings (SSSR count). The van der Waals surface area contributed by atoms with Crippen LogP contribution in [0.15, 0.2) is 6.07 Å². The molecule has 0 aliphatic rings. The predicted molar refractivity (Wildman–Crippen MR) is 111 cm³/mol. The first-order chi connectivity index (χ1) is 12.2. The average molecular weight is 387 g/mol. The summed E-state index contributed by atoms with van der Waals surface area (Å²) in [6.07, 6.45) is 21.7. The molecule has 0 fully saturated rings. The Balaban J connectivity index is 1.81. The summed E-state index contributed by atoms with van der Waals surface area (Å²) in [4.78, 5) is 8.08. The van der Waals surface area contributed by atoms with Crippen molar-refractivity contribution in [2.45, 2.75) is 110 Å². The van der Waals surface area contributed by atoms with Gasteiger partial charge in [0.05, 0.1) is 0 Å². The fraction of sp³-hybridized carbons (Fsp3) is 0.810. The van der Waals surface area contributed by atoms with Crippen molar-refractivity contribution in [1.82, 2.24) is 9.97 Å². The third kappa shape index (κ3) is 13.5. The maximum atomic E-state index is 5.89. The van der Waals surface area contributed by atoms with Crippen LogP contribution in [0.25, 0.3) is 0 Å². The lowest BCUT2D eigenvalue weighted by Crippen LogP contribution is -1.93. The van der Waals surface area contributed by atoms with Crippen LogP contribution in [0.3, 0.4) is 0 Å². The molecule has 1 heterocycles. The van der Waals surface area contributed by atoms with Crippen LogP contribution in [0.2, 0.25) is 10.4 Å². The van der Waals surface area contributed by atoms with Crippen LogP contribution in [0.4, 0.5) is 0 Å². The quantitative estimate of drug-likeness (QED) is 0.162. The van der Waals surface area contributed by atoms with E-state index in [9.17, 15) is 0 Å². The molecule has 0 saturated carbocycles. The maximum absolute atomic E-state index is 5.89. The fourth-order valence-corrected chi connectivity index (χ4v) is 3.69. The lowest BCUT2D eigenvalue weighted by molar-refractivity contribution is 0.532. The molecule has 0 radical (unpaired) electrons. The summed E-state index contributed by atoms with van der Waals surface area (Å²) in [5.74, 6) is 0.